The van der Waals surface area contributed by atoms with Crippen molar-refractivity contribution in [2.75, 3.05) is 0 Å². The van der Waals surface area contributed by atoms with Crippen molar-refractivity contribution in [2.45, 2.75) is 45.6 Å². The van der Waals surface area contributed by atoms with E-state index in [-0.39, 0.29) is 11.7 Å². The standard InChI is InChI=1S/C20H24O3/c1-5-14(2)15-9-11-16(12-10-15)19(22)23-20(3,4)17-7-6-8-18(21)13-17/h6-14,21H,5H2,1-4H3. The Bertz CT molecular complexity index is 672. The number of aromatic hydroxyl groups is 1. The van der Waals surface area contributed by atoms with Crippen LogP contribution < -0.4 is 0 Å². The first-order chi connectivity index (χ1) is 10.8. The molecule has 1 unspecified atom stereocenters. The Morgan fingerprint density at radius 3 is 2.39 bits per heavy atom. The molecule has 2 aromatic carbocycles. The van der Waals surface area contributed by atoms with Gasteiger partial charge in [-0.25, -0.2) is 4.79 Å². The maximum absolute atomic E-state index is 12.4. The maximum atomic E-state index is 12.4. The van der Waals surface area contributed by atoms with Crippen LogP contribution in [0.5, 0.6) is 5.75 Å². The van der Waals surface area contributed by atoms with Crippen molar-refractivity contribution >= 4 is 5.97 Å². The molecule has 1 N–H and O–H groups in total. The summed E-state index contributed by atoms with van der Waals surface area (Å²) in [6.07, 6.45) is 1.06. The molecule has 122 valence electrons. The zero-order chi connectivity index (χ0) is 17.0. The second kappa shape index (κ2) is 6.86. The molecule has 0 aliphatic heterocycles. The molecule has 0 amide bonds. The zero-order valence-electron chi connectivity index (χ0n) is 14.2. The Kier molecular flexibility index (Phi) is 5.09. The fourth-order valence-electron chi connectivity index (χ4n) is 2.41. The smallest absolute Gasteiger partial charge is 0.338 e. The van der Waals surface area contributed by atoms with E-state index in [1.807, 2.05) is 44.2 Å². The van der Waals surface area contributed by atoms with E-state index in [4.69, 9.17) is 4.74 Å². The van der Waals surface area contributed by atoms with Crippen LogP contribution in [0.2, 0.25) is 0 Å². The summed E-state index contributed by atoms with van der Waals surface area (Å²) in [6, 6.07) is 14.3. The zero-order valence-corrected chi connectivity index (χ0v) is 14.2. The maximum Gasteiger partial charge on any atom is 0.338 e. The van der Waals surface area contributed by atoms with E-state index in [2.05, 4.69) is 13.8 Å². The number of carbonyl (C=O) groups excluding carboxylic acids is 1. The lowest BCUT2D eigenvalue weighted by Crippen LogP contribution is -2.25. The molecule has 0 heterocycles. The van der Waals surface area contributed by atoms with Crippen LogP contribution in [0.3, 0.4) is 0 Å². The van der Waals surface area contributed by atoms with E-state index in [1.165, 1.54) is 5.56 Å². The molecule has 0 saturated carbocycles. The van der Waals surface area contributed by atoms with E-state index in [9.17, 15) is 9.90 Å². The lowest BCUT2D eigenvalue weighted by molar-refractivity contribution is -0.00322. The molecule has 0 bridgehead atoms. The lowest BCUT2D eigenvalue weighted by Gasteiger charge is -2.26. The number of carbonyl (C=O) groups is 1. The average molecular weight is 312 g/mol. The molecule has 0 fully saturated rings. The van der Waals surface area contributed by atoms with Gasteiger partial charge in [-0.1, -0.05) is 38.1 Å². The lowest BCUT2D eigenvalue weighted by atomic mass is 9.96. The Labute approximate surface area is 137 Å². The number of hydrogen-bond acceptors (Lipinski definition) is 3. The second-order valence-electron chi connectivity index (χ2n) is 6.38. The minimum atomic E-state index is -0.814. The average Bonchev–Trinajstić information content (AvgIpc) is 2.54. The van der Waals surface area contributed by atoms with Crippen molar-refractivity contribution in [3.63, 3.8) is 0 Å². The van der Waals surface area contributed by atoms with Crippen LogP contribution in [0, 0.1) is 0 Å². The van der Waals surface area contributed by atoms with Crippen molar-refractivity contribution in [3.05, 3.63) is 65.2 Å². The summed E-state index contributed by atoms with van der Waals surface area (Å²) < 4.78 is 5.64. The highest BCUT2D eigenvalue weighted by Crippen LogP contribution is 2.28. The van der Waals surface area contributed by atoms with E-state index < -0.39 is 5.60 Å². The Balaban J connectivity index is 2.14. The van der Waals surface area contributed by atoms with E-state index in [1.54, 1.807) is 18.2 Å². The molecule has 0 aliphatic rings. The number of ether oxygens (including phenoxy) is 1. The number of phenols is 1. The molecule has 3 nitrogen and oxygen atoms in total. The first-order valence-electron chi connectivity index (χ1n) is 7.96. The fraction of sp³-hybridized carbons (Fsp3) is 0.350. The van der Waals surface area contributed by atoms with Crippen molar-refractivity contribution in [1.29, 1.82) is 0 Å². The van der Waals surface area contributed by atoms with Crippen molar-refractivity contribution in [2.24, 2.45) is 0 Å². The SMILES string of the molecule is CCC(C)c1ccc(C(=O)OC(C)(C)c2cccc(O)c2)cc1. The largest absolute Gasteiger partial charge is 0.508 e. The van der Waals surface area contributed by atoms with Crippen LogP contribution in [0.1, 0.15) is 61.5 Å². The molecule has 2 rings (SSSR count). The minimum Gasteiger partial charge on any atom is -0.508 e. The molecule has 2 aromatic rings. The minimum absolute atomic E-state index is 0.157. The van der Waals surface area contributed by atoms with Crippen LogP contribution >= 0.6 is 0 Å². The predicted octanol–water partition coefficient (Wildman–Crippen LogP) is 5.00. The normalized spacial score (nSPS) is 12.7. The van der Waals surface area contributed by atoms with Crippen LogP contribution in [-0.4, -0.2) is 11.1 Å². The van der Waals surface area contributed by atoms with Crippen molar-refractivity contribution < 1.29 is 14.6 Å². The van der Waals surface area contributed by atoms with Crippen LogP contribution in [0.4, 0.5) is 0 Å². The van der Waals surface area contributed by atoms with Crippen molar-refractivity contribution in [1.82, 2.24) is 0 Å². The third-order valence-electron chi connectivity index (χ3n) is 4.22. The van der Waals surface area contributed by atoms with Crippen LogP contribution in [0.15, 0.2) is 48.5 Å². The van der Waals surface area contributed by atoms with Crippen LogP contribution in [0.25, 0.3) is 0 Å². The number of benzene rings is 2. The summed E-state index contributed by atoms with van der Waals surface area (Å²) in [5, 5.41) is 9.59. The summed E-state index contributed by atoms with van der Waals surface area (Å²) in [5.74, 6) is 0.266. The Hall–Kier alpha value is -2.29. The highest BCUT2D eigenvalue weighted by Gasteiger charge is 2.26. The van der Waals surface area contributed by atoms with Gasteiger partial charge in [-0.05, 0) is 61.6 Å². The van der Waals surface area contributed by atoms with Gasteiger partial charge in [-0.15, -0.1) is 0 Å². The topological polar surface area (TPSA) is 46.5 Å². The first-order valence-corrected chi connectivity index (χ1v) is 7.96. The number of esters is 1. The molecule has 0 spiro atoms. The summed E-state index contributed by atoms with van der Waals surface area (Å²) in [7, 11) is 0. The van der Waals surface area contributed by atoms with Gasteiger partial charge in [-0.3, -0.25) is 0 Å². The monoisotopic (exact) mass is 312 g/mol. The number of rotatable bonds is 5. The van der Waals surface area contributed by atoms with Gasteiger partial charge in [0.2, 0.25) is 0 Å². The highest BCUT2D eigenvalue weighted by molar-refractivity contribution is 5.89. The molecule has 0 radical (unpaired) electrons. The molecular weight excluding hydrogens is 288 g/mol. The van der Waals surface area contributed by atoms with E-state index in [0.29, 0.717) is 11.5 Å². The molecule has 0 aliphatic carbocycles. The van der Waals surface area contributed by atoms with Crippen molar-refractivity contribution in [3.8, 4) is 5.75 Å². The van der Waals surface area contributed by atoms with Gasteiger partial charge in [0.15, 0.2) is 0 Å². The second-order valence-corrected chi connectivity index (χ2v) is 6.38. The van der Waals surface area contributed by atoms with Gasteiger partial charge in [0.25, 0.3) is 0 Å². The van der Waals surface area contributed by atoms with Gasteiger partial charge in [-0.2, -0.15) is 0 Å². The summed E-state index contributed by atoms with van der Waals surface area (Å²) in [5.41, 5.74) is 1.69. The number of hydrogen-bond donors (Lipinski definition) is 1. The predicted molar refractivity (Wildman–Crippen MR) is 91.7 cm³/mol. The Morgan fingerprint density at radius 1 is 1.17 bits per heavy atom. The van der Waals surface area contributed by atoms with Gasteiger partial charge in [0.05, 0.1) is 5.56 Å². The van der Waals surface area contributed by atoms with Gasteiger partial charge in [0.1, 0.15) is 11.4 Å². The Morgan fingerprint density at radius 2 is 1.83 bits per heavy atom. The molecule has 1 atom stereocenters. The summed E-state index contributed by atoms with van der Waals surface area (Å²) in [4.78, 5) is 12.4. The quantitative estimate of drug-likeness (QED) is 0.790. The van der Waals surface area contributed by atoms with Gasteiger partial charge < -0.3 is 9.84 Å². The highest BCUT2D eigenvalue weighted by atomic mass is 16.6. The molecule has 0 saturated heterocycles. The fourth-order valence-corrected chi connectivity index (χ4v) is 2.41. The van der Waals surface area contributed by atoms with Gasteiger partial charge in [0, 0.05) is 0 Å². The third kappa shape index (κ3) is 4.13. The van der Waals surface area contributed by atoms with Crippen LogP contribution in [-0.2, 0) is 10.3 Å². The van der Waals surface area contributed by atoms with Gasteiger partial charge >= 0.3 is 5.97 Å². The van der Waals surface area contributed by atoms with E-state index in [0.717, 1.165) is 12.0 Å². The third-order valence-corrected chi connectivity index (χ3v) is 4.22. The first kappa shape index (κ1) is 17.1. The molecule has 23 heavy (non-hydrogen) atoms. The van der Waals surface area contributed by atoms with E-state index >= 15 is 0 Å². The molecule has 3 heteroatoms. The number of phenolic OH excluding ortho intramolecular Hbond substituents is 1. The molecule has 0 aromatic heterocycles. The molecular formula is C20H24O3. The summed E-state index contributed by atoms with van der Waals surface area (Å²) >= 11 is 0. The summed E-state index contributed by atoms with van der Waals surface area (Å²) in [6.45, 7) is 7.93.